The number of aliphatic hydroxyl groups is 4. The number of hydrogen-bond acceptors (Lipinski definition) is 6. The van der Waals surface area contributed by atoms with Gasteiger partial charge in [-0.2, -0.15) is 0 Å². The lowest BCUT2D eigenvalue weighted by Crippen LogP contribution is -2.59. The summed E-state index contributed by atoms with van der Waals surface area (Å²) in [6.45, 7) is 2.23. The van der Waals surface area contributed by atoms with E-state index in [0.717, 1.165) is 12.8 Å². The molecule has 6 nitrogen and oxygen atoms in total. The molecule has 4 N–H and O–H groups in total. The summed E-state index contributed by atoms with van der Waals surface area (Å²) in [5, 5.41) is 38.3. The molecule has 1 aliphatic heterocycles. The zero-order chi connectivity index (χ0) is 17.8. The van der Waals surface area contributed by atoms with E-state index in [0.29, 0.717) is 6.61 Å². The zero-order valence-corrected chi connectivity index (χ0v) is 15.0. The molecule has 0 unspecified atom stereocenters. The highest BCUT2D eigenvalue weighted by molar-refractivity contribution is 4.88. The van der Waals surface area contributed by atoms with Gasteiger partial charge in [-0.05, 0) is 6.42 Å². The van der Waals surface area contributed by atoms with Crippen LogP contribution in [-0.4, -0.2) is 64.3 Å². The van der Waals surface area contributed by atoms with Crippen molar-refractivity contribution in [3.8, 4) is 0 Å². The summed E-state index contributed by atoms with van der Waals surface area (Å²) < 4.78 is 10.8. The summed E-state index contributed by atoms with van der Waals surface area (Å²) in [6, 6.07) is 0. The van der Waals surface area contributed by atoms with Crippen LogP contribution in [0.1, 0.15) is 71.1 Å². The van der Waals surface area contributed by atoms with Crippen molar-refractivity contribution >= 4 is 0 Å². The second-order valence-electron chi connectivity index (χ2n) is 6.75. The van der Waals surface area contributed by atoms with Gasteiger partial charge >= 0.3 is 0 Å². The fraction of sp³-hybridized carbons (Fsp3) is 1.00. The van der Waals surface area contributed by atoms with Gasteiger partial charge in [-0.1, -0.05) is 64.7 Å². The number of unbranched alkanes of at least 4 members (excludes halogenated alkanes) is 9. The lowest BCUT2D eigenvalue weighted by Gasteiger charge is -2.39. The third-order valence-corrected chi connectivity index (χ3v) is 4.63. The molecule has 0 aliphatic carbocycles. The Morgan fingerprint density at radius 1 is 0.750 bits per heavy atom. The van der Waals surface area contributed by atoms with Gasteiger partial charge in [0.15, 0.2) is 6.29 Å². The molecule has 0 aromatic heterocycles. The molecular formula is C18H36O6. The van der Waals surface area contributed by atoms with E-state index in [9.17, 15) is 15.3 Å². The molecule has 0 amide bonds. The first-order valence-corrected chi connectivity index (χ1v) is 9.54. The quantitative estimate of drug-likeness (QED) is 0.378. The van der Waals surface area contributed by atoms with Crippen molar-refractivity contribution in [3.05, 3.63) is 0 Å². The van der Waals surface area contributed by atoms with Crippen molar-refractivity contribution in [2.24, 2.45) is 0 Å². The Bertz CT molecular complexity index is 299. The molecule has 1 rings (SSSR count). The van der Waals surface area contributed by atoms with E-state index in [2.05, 4.69) is 6.92 Å². The molecule has 24 heavy (non-hydrogen) atoms. The van der Waals surface area contributed by atoms with E-state index in [-0.39, 0.29) is 0 Å². The van der Waals surface area contributed by atoms with Crippen molar-refractivity contribution < 1.29 is 29.9 Å². The second kappa shape index (κ2) is 13.0. The Morgan fingerprint density at radius 2 is 1.29 bits per heavy atom. The topological polar surface area (TPSA) is 99.4 Å². The molecule has 0 spiro atoms. The van der Waals surface area contributed by atoms with Gasteiger partial charge in [0.2, 0.25) is 0 Å². The highest BCUT2D eigenvalue weighted by Gasteiger charge is 2.43. The molecule has 0 radical (unpaired) electrons. The molecule has 0 saturated carbocycles. The first-order valence-electron chi connectivity index (χ1n) is 9.54. The van der Waals surface area contributed by atoms with Gasteiger partial charge in [0.05, 0.1) is 6.61 Å². The van der Waals surface area contributed by atoms with Crippen LogP contribution < -0.4 is 0 Å². The first-order chi connectivity index (χ1) is 11.6. The van der Waals surface area contributed by atoms with Gasteiger partial charge in [0.25, 0.3) is 0 Å². The van der Waals surface area contributed by atoms with Crippen LogP contribution >= 0.6 is 0 Å². The lowest BCUT2D eigenvalue weighted by molar-refractivity contribution is -0.301. The molecule has 144 valence electrons. The van der Waals surface area contributed by atoms with Crippen LogP contribution in [-0.2, 0) is 9.47 Å². The van der Waals surface area contributed by atoms with Gasteiger partial charge in [0, 0.05) is 6.61 Å². The molecule has 1 saturated heterocycles. The lowest BCUT2D eigenvalue weighted by atomic mass is 9.99. The molecule has 0 bridgehead atoms. The van der Waals surface area contributed by atoms with E-state index in [4.69, 9.17) is 14.6 Å². The Balaban J connectivity index is 2.02. The van der Waals surface area contributed by atoms with Gasteiger partial charge in [-0.25, -0.2) is 0 Å². The predicted octanol–water partition coefficient (Wildman–Crippen LogP) is 1.72. The number of rotatable bonds is 13. The highest BCUT2D eigenvalue weighted by Crippen LogP contribution is 2.22. The summed E-state index contributed by atoms with van der Waals surface area (Å²) in [7, 11) is 0. The van der Waals surface area contributed by atoms with Crippen LogP contribution in [0.3, 0.4) is 0 Å². The minimum Gasteiger partial charge on any atom is -0.394 e. The summed E-state index contributed by atoms with van der Waals surface area (Å²) in [5.74, 6) is 0. The predicted molar refractivity (Wildman–Crippen MR) is 91.6 cm³/mol. The maximum Gasteiger partial charge on any atom is 0.186 e. The molecule has 0 aromatic rings. The smallest absolute Gasteiger partial charge is 0.186 e. The van der Waals surface area contributed by atoms with Crippen LogP contribution in [0.5, 0.6) is 0 Å². The van der Waals surface area contributed by atoms with Gasteiger partial charge < -0.3 is 29.9 Å². The maximum atomic E-state index is 9.84. The largest absolute Gasteiger partial charge is 0.394 e. The van der Waals surface area contributed by atoms with Gasteiger partial charge in [0.1, 0.15) is 24.4 Å². The van der Waals surface area contributed by atoms with Crippen molar-refractivity contribution in [2.75, 3.05) is 13.2 Å². The van der Waals surface area contributed by atoms with E-state index >= 15 is 0 Å². The molecule has 1 fully saturated rings. The number of ether oxygens (including phenoxy) is 2. The molecule has 5 atom stereocenters. The average Bonchev–Trinajstić information content (AvgIpc) is 2.59. The standard InChI is InChI=1S/C18H36O6/c1-2-3-4-5-6-7-8-9-10-11-12-23-18-17(22)16(21)15(20)14(13-19)24-18/h14-22H,2-13H2,1H3/t14-,15-,16+,17-,18-/m0/s1. The Hall–Kier alpha value is -0.240. The minimum atomic E-state index is -1.37. The minimum absolute atomic E-state index is 0.428. The zero-order valence-electron chi connectivity index (χ0n) is 15.0. The van der Waals surface area contributed by atoms with Crippen LogP contribution in [0.25, 0.3) is 0 Å². The second-order valence-corrected chi connectivity index (χ2v) is 6.75. The summed E-state index contributed by atoms with van der Waals surface area (Å²) in [5.41, 5.74) is 0. The number of aliphatic hydroxyl groups excluding tert-OH is 4. The monoisotopic (exact) mass is 348 g/mol. The van der Waals surface area contributed by atoms with Crippen molar-refractivity contribution in [1.29, 1.82) is 0 Å². The average molecular weight is 348 g/mol. The SMILES string of the molecule is CCCCCCCCCCCCO[C@H]1O[C@@H](CO)[C@H](O)[C@@H](O)[C@@H]1O. The third-order valence-electron chi connectivity index (χ3n) is 4.63. The van der Waals surface area contributed by atoms with Crippen LogP contribution in [0.2, 0.25) is 0 Å². The molecule has 1 aliphatic rings. The highest BCUT2D eigenvalue weighted by atomic mass is 16.7. The molecule has 0 aromatic carbocycles. The molecular weight excluding hydrogens is 312 g/mol. The van der Waals surface area contributed by atoms with E-state index in [1.807, 2.05) is 0 Å². The van der Waals surface area contributed by atoms with E-state index in [1.54, 1.807) is 0 Å². The van der Waals surface area contributed by atoms with Gasteiger partial charge in [-0.3, -0.25) is 0 Å². The van der Waals surface area contributed by atoms with Gasteiger partial charge in [-0.15, -0.1) is 0 Å². The Morgan fingerprint density at radius 3 is 1.83 bits per heavy atom. The van der Waals surface area contributed by atoms with Crippen molar-refractivity contribution in [2.45, 2.75) is 102 Å². The Labute approximate surface area is 145 Å². The summed E-state index contributed by atoms with van der Waals surface area (Å²) in [4.78, 5) is 0. The third kappa shape index (κ3) is 7.76. The van der Waals surface area contributed by atoms with Crippen LogP contribution in [0.4, 0.5) is 0 Å². The summed E-state index contributed by atoms with van der Waals surface area (Å²) >= 11 is 0. The van der Waals surface area contributed by atoms with Crippen LogP contribution in [0.15, 0.2) is 0 Å². The number of hydrogen-bond donors (Lipinski definition) is 4. The van der Waals surface area contributed by atoms with E-state index < -0.39 is 37.3 Å². The first kappa shape index (κ1) is 21.8. The fourth-order valence-electron chi connectivity index (χ4n) is 2.99. The normalized spacial score (nSPS) is 30.6. The maximum absolute atomic E-state index is 9.84. The van der Waals surface area contributed by atoms with Crippen molar-refractivity contribution in [1.82, 2.24) is 0 Å². The van der Waals surface area contributed by atoms with E-state index in [1.165, 1.54) is 51.4 Å². The van der Waals surface area contributed by atoms with Crippen molar-refractivity contribution in [3.63, 3.8) is 0 Å². The summed E-state index contributed by atoms with van der Waals surface area (Å²) in [6.07, 6.45) is 6.37. The van der Waals surface area contributed by atoms with Crippen LogP contribution in [0, 0.1) is 0 Å². The molecule has 1 heterocycles. The fourth-order valence-corrected chi connectivity index (χ4v) is 2.99. The molecule has 6 heteroatoms. The Kier molecular flexibility index (Phi) is 11.8.